The van der Waals surface area contributed by atoms with Gasteiger partial charge in [-0.2, -0.15) is 0 Å². The van der Waals surface area contributed by atoms with E-state index < -0.39 is 0 Å². The average Bonchev–Trinajstić information content (AvgIpc) is 3.41. The molecule has 0 bridgehead atoms. The molecular weight excluding hydrogens is 953 g/mol. The zero-order valence-corrected chi connectivity index (χ0v) is 44.4. The molecule has 0 spiro atoms. The van der Waals surface area contributed by atoms with Gasteiger partial charge in [0, 0.05) is 65.8 Å². The molecular formula is C68H86N4O5. The van der Waals surface area contributed by atoms with E-state index in [0.717, 1.165) is 66.5 Å². The summed E-state index contributed by atoms with van der Waals surface area (Å²) in [6.07, 6.45) is 1.87. The van der Waals surface area contributed by atoms with Crippen molar-refractivity contribution in [1.29, 1.82) is 0 Å². The fraction of sp³-hybridized carbons (Fsp3) is 0.294. The van der Waals surface area contributed by atoms with Crippen molar-refractivity contribution in [1.82, 2.24) is 4.90 Å². The van der Waals surface area contributed by atoms with Gasteiger partial charge in [-0.25, -0.2) is 0 Å². The summed E-state index contributed by atoms with van der Waals surface area (Å²) in [5, 5.41) is 18.6. The van der Waals surface area contributed by atoms with Gasteiger partial charge in [0.1, 0.15) is 29.7 Å². The molecule has 0 amide bonds. The molecule has 0 atom stereocenters. The number of aryl methyl sites for hydroxylation is 1. The molecule has 77 heavy (non-hydrogen) atoms. The monoisotopic (exact) mass is 1040 g/mol. The maximum Gasteiger partial charge on any atom is 0.161 e. The quantitative estimate of drug-likeness (QED) is 0.0991. The first-order chi connectivity index (χ1) is 35.5. The lowest BCUT2D eigenvalue weighted by molar-refractivity contribution is 0.121. The summed E-state index contributed by atoms with van der Waals surface area (Å²) in [5.74, 6) is 2.53. The van der Waals surface area contributed by atoms with E-state index in [1.54, 1.807) is 31.4 Å². The van der Waals surface area contributed by atoms with Crippen LogP contribution < -0.4 is 25.8 Å². The molecule has 0 unspecified atom stereocenters. The third-order valence-electron chi connectivity index (χ3n) is 13.8. The molecule has 6 N–H and O–H groups in total. The van der Waals surface area contributed by atoms with Crippen LogP contribution in [0.15, 0.2) is 182 Å². The lowest BCUT2D eigenvalue weighted by Crippen LogP contribution is -2.32. The summed E-state index contributed by atoms with van der Waals surface area (Å²) >= 11 is 0. The molecule has 8 aromatic rings. The van der Waals surface area contributed by atoms with Gasteiger partial charge in [-0.05, 0) is 163 Å². The zero-order chi connectivity index (χ0) is 52.8. The van der Waals surface area contributed by atoms with Gasteiger partial charge in [0.2, 0.25) is 0 Å². The van der Waals surface area contributed by atoms with Gasteiger partial charge in [0.05, 0.1) is 0 Å². The number of nitrogens with two attached hydrogens (primary N) is 2. The Bertz CT molecular complexity index is 2920. The van der Waals surface area contributed by atoms with Crippen molar-refractivity contribution < 1.29 is 24.4 Å². The van der Waals surface area contributed by atoms with E-state index in [2.05, 4.69) is 141 Å². The van der Waals surface area contributed by atoms with Crippen molar-refractivity contribution in [3.63, 3.8) is 0 Å². The summed E-state index contributed by atoms with van der Waals surface area (Å²) in [6.45, 7) is 16.7. The van der Waals surface area contributed by atoms with Gasteiger partial charge in [-0.1, -0.05) is 153 Å². The number of benzene rings is 8. The molecule has 8 aromatic carbocycles. The summed E-state index contributed by atoms with van der Waals surface area (Å²) in [5.41, 5.74) is 27.5. The van der Waals surface area contributed by atoms with Crippen molar-refractivity contribution in [2.45, 2.75) is 101 Å². The first-order valence-corrected chi connectivity index (χ1v) is 25.4. The Hall–Kier alpha value is -7.72. The number of ether oxygens (including phenoxy) is 3. The number of fused-ring (bicyclic) bond motifs is 2. The number of phenolic OH excluding ortho intramolecular Hbond substituents is 2. The number of rotatable bonds is 10. The number of hydrogen-bond acceptors (Lipinski definition) is 9. The topological polar surface area (TPSA) is 127 Å². The molecule has 0 saturated carbocycles. The zero-order valence-electron chi connectivity index (χ0n) is 44.4. The molecule has 2 aliphatic heterocycles. The molecule has 408 valence electrons. The van der Waals surface area contributed by atoms with Crippen molar-refractivity contribution in [2.75, 3.05) is 50.6 Å². The van der Waals surface area contributed by atoms with Gasteiger partial charge < -0.3 is 40.8 Å². The van der Waals surface area contributed by atoms with E-state index in [1.165, 1.54) is 55.8 Å². The van der Waals surface area contributed by atoms with Gasteiger partial charge in [-0.15, -0.1) is 0 Å². The number of nitrogen functional groups attached to an aromatic ring is 2. The van der Waals surface area contributed by atoms with Crippen LogP contribution >= 0.6 is 0 Å². The highest BCUT2D eigenvalue weighted by molar-refractivity contribution is 5.54. The van der Waals surface area contributed by atoms with Crippen LogP contribution in [0.4, 0.5) is 17.1 Å². The highest BCUT2D eigenvalue weighted by Crippen LogP contribution is 2.39. The number of methoxy groups -OCH3 is 1. The molecule has 9 nitrogen and oxygen atoms in total. The fourth-order valence-corrected chi connectivity index (χ4v) is 8.91. The molecule has 10 rings (SSSR count). The summed E-state index contributed by atoms with van der Waals surface area (Å²) in [4.78, 5) is 4.50. The third kappa shape index (κ3) is 16.9. The second-order valence-corrected chi connectivity index (χ2v) is 20.3. The van der Waals surface area contributed by atoms with Crippen molar-refractivity contribution in [3.8, 4) is 23.0 Å². The maximum absolute atomic E-state index is 9.30. The van der Waals surface area contributed by atoms with Gasteiger partial charge >= 0.3 is 0 Å². The highest BCUT2D eigenvalue weighted by atomic mass is 16.5. The standard InChI is InChI=1S/C34H36N2O2.C15H16O2.C13H14N2.C3H8O.3CH4/c1-24-5-7-25(8-6-24)17-26-9-13-31(14-10-26)36-21-28-19-30(12-16-33(28)38-23-36)34(2,3)29-11-15-32-27(18-29)20-35(4)22-37-32;1-15(2,11-3-7-13(16)8-4-11)12-5-9-14(17)10-6-12;14-12-5-1-10(2-6-12)9-11-3-7-13(15)8-4-11;1-3-4-2;;;/h5-16,18-19H,17,20-23H2,1-4H3;3-10,16-17H,1-2H3;1-8H,9,14-15H2;3H2,1-2H3;3*1H4. The summed E-state index contributed by atoms with van der Waals surface area (Å²) in [6, 6.07) is 61.4. The van der Waals surface area contributed by atoms with Crippen molar-refractivity contribution in [3.05, 3.63) is 243 Å². The van der Waals surface area contributed by atoms with Crippen LogP contribution in [0.5, 0.6) is 23.0 Å². The Labute approximate surface area is 461 Å². The number of aromatic hydroxyl groups is 2. The molecule has 0 aromatic heterocycles. The maximum atomic E-state index is 9.30. The van der Waals surface area contributed by atoms with Crippen LogP contribution in [0.3, 0.4) is 0 Å². The Balaban J connectivity index is 0.000000272. The molecule has 0 radical (unpaired) electrons. The van der Waals surface area contributed by atoms with Crippen LogP contribution in [-0.2, 0) is 41.5 Å². The third-order valence-corrected chi connectivity index (χ3v) is 13.8. The van der Waals surface area contributed by atoms with Crippen LogP contribution in [-0.4, -0.2) is 49.3 Å². The Morgan fingerprint density at radius 1 is 0.494 bits per heavy atom. The number of anilines is 3. The van der Waals surface area contributed by atoms with Crippen molar-refractivity contribution >= 4 is 17.1 Å². The molecule has 9 heteroatoms. The second-order valence-electron chi connectivity index (χ2n) is 20.3. The molecule has 0 aliphatic carbocycles. The van der Waals surface area contributed by atoms with Crippen LogP contribution in [0.25, 0.3) is 0 Å². The molecule has 2 heterocycles. The number of hydrogen-bond donors (Lipinski definition) is 4. The molecule has 0 saturated heterocycles. The van der Waals surface area contributed by atoms with Gasteiger partial charge in [0.25, 0.3) is 0 Å². The average molecular weight is 1040 g/mol. The Kier molecular flexibility index (Phi) is 22.8. The normalized spacial score (nSPS) is 12.4. The van der Waals surface area contributed by atoms with E-state index in [-0.39, 0.29) is 44.6 Å². The minimum absolute atomic E-state index is 0. The minimum Gasteiger partial charge on any atom is -0.508 e. The fourth-order valence-electron chi connectivity index (χ4n) is 8.91. The van der Waals surface area contributed by atoms with E-state index >= 15 is 0 Å². The van der Waals surface area contributed by atoms with Crippen LogP contribution in [0, 0.1) is 6.92 Å². The van der Waals surface area contributed by atoms with Gasteiger partial charge in [-0.3, -0.25) is 4.90 Å². The second kappa shape index (κ2) is 28.4. The number of nitrogens with zero attached hydrogens (tertiary/aromatic N) is 2. The summed E-state index contributed by atoms with van der Waals surface area (Å²) in [7, 11) is 3.77. The lowest BCUT2D eigenvalue weighted by atomic mass is 9.77. The van der Waals surface area contributed by atoms with Crippen molar-refractivity contribution in [2.24, 2.45) is 0 Å². The smallest absolute Gasteiger partial charge is 0.161 e. The predicted molar refractivity (Wildman–Crippen MR) is 325 cm³/mol. The Morgan fingerprint density at radius 2 is 0.844 bits per heavy atom. The van der Waals surface area contributed by atoms with Gasteiger partial charge in [0.15, 0.2) is 6.73 Å². The predicted octanol–water partition coefficient (Wildman–Crippen LogP) is 15.5. The van der Waals surface area contributed by atoms with E-state index in [4.69, 9.17) is 20.9 Å². The first kappa shape index (κ1) is 61.8. The Morgan fingerprint density at radius 3 is 1.26 bits per heavy atom. The lowest BCUT2D eigenvalue weighted by Gasteiger charge is -2.33. The van der Waals surface area contributed by atoms with E-state index in [1.807, 2.05) is 79.7 Å². The SMILES string of the molecule is C.C.C.CC(C)(c1ccc(O)cc1)c1ccc(O)cc1.CCOC.Cc1ccc(Cc2ccc(N3COc4ccc(C(C)(C)c5ccc6c(c5)CN(C)CO6)cc4C3)cc2)cc1.Nc1ccc(Cc2ccc(N)cc2)cc1. The summed E-state index contributed by atoms with van der Waals surface area (Å²) < 4.78 is 16.6. The highest BCUT2D eigenvalue weighted by Gasteiger charge is 2.28. The molecule has 0 fully saturated rings. The van der Waals surface area contributed by atoms with E-state index in [0.29, 0.717) is 13.5 Å². The first-order valence-electron chi connectivity index (χ1n) is 25.4. The van der Waals surface area contributed by atoms with Crippen LogP contribution in [0.2, 0.25) is 0 Å². The molecule has 2 aliphatic rings. The number of phenols is 2. The van der Waals surface area contributed by atoms with E-state index in [9.17, 15) is 10.2 Å². The largest absolute Gasteiger partial charge is 0.508 e. The van der Waals surface area contributed by atoms with Crippen LogP contribution in [0.1, 0.15) is 118 Å². The minimum atomic E-state index is -0.151.